The molecule has 0 aliphatic rings. The van der Waals surface area contributed by atoms with Crippen LogP contribution in [-0.4, -0.2) is 28.3 Å². The first-order valence-electron chi connectivity index (χ1n) is 3.67. The summed E-state index contributed by atoms with van der Waals surface area (Å²) in [5.41, 5.74) is 4.91. The van der Waals surface area contributed by atoms with Gasteiger partial charge in [0.1, 0.15) is 6.04 Å². The van der Waals surface area contributed by atoms with Crippen molar-refractivity contribution in [2.24, 2.45) is 5.73 Å². The van der Waals surface area contributed by atoms with Gasteiger partial charge in [-0.1, -0.05) is 0 Å². The topological polar surface area (TPSA) is 131 Å². The molecule has 0 heterocycles. The molecule has 0 radical (unpaired) electrons. The summed E-state index contributed by atoms with van der Waals surface area (Å²) in [5, 5.41) is 31.2. The minimum atomic E-state index is -1.18. The summed E-state index contributed by atoms with van der Waals surface area (Å²) >= 11 is 0. The number of nitrogens with zero attached hydrogens (tertiary/aromatic N) is 2. The Morgan fingerprint density at radius 3 is 1.60 bits per heavy atom. The van der Waals surface area contributed by atoms with Crippen molar-refractivity contribution in [1.29, 1.82) is 10.5 Å². The zero-order chi connectivity index (χ0) is 12.1. The number of aliphatic hydroxyl groups excluding tert-OH is 1. The van der Waals surface area contributed by atoms with Crippen LogP contribution in [0, 0.1) is 22.7 Å². The maximum Gasteiger partial charge on any atom is 1.00 e. The minimum absolute atomic E-state index is 0. The largest absolute Gasteiger partial charge is 1.00 e. The van der Waals surface area contributed by atoms with Crippen molar-refractivity contribution in [3.05, 3.63) is 0 Å². The predicted octanol–water partition coefficient (Wildman–Crippen LogP) is -3.04. The standard InChI is InChI=1S/C4H9NO3.2C2H3N.Na.H/c1-2(6)3(5)4(7)8;2*1-2-3;;/h2-3,6H,5H2,1H3,(H,7,8);2*1H3;;/q;;;+1;-1/t2-,3+;;;;/m1..../s1. The second-order valence-electron chi connectivity index (χ2n) is 2.05. The number of hydrogen-bond donors (Lipinski definition) is 3. The van der Waals surface area contributed by atoms with Gasteiger partial charge >= 0.3 is 35.5 Å². The summed E-state index contributed by atoms with van der Waals surface area (Å²) in [4.78, 5) is 9.86. The molecule has 0 aromatic rings. The molecule has 0 aliphatic heterocycles. The third-order valence-corrected chi connectivity index (χ3v) is 0.805. The van der Waals surface area contributed by atoms with E-state index in [0.717, 1.165) is 0 Å². The number of aliphatic carboxylic acids is 1. The van der Waals surface area contributed by atoms with Gasteiger partial charge in [0.15, 0.2) is 0 Å². The van der Waals surface area contributed by atoms with Crippen molar-refractivity contribution in [3.63, 3.8) is 0 Å². The molecule has 0 spiro atoms. The molecule has 4 N–H and O–H groups in total. The quantitative estimate of drug-likeness (QED) is 0.428. The summed E-state index contributed by atoms with van der Waals surface area (Å²) in [6.45, 7) is 4.19. The van der Waals surface area contributed by atoms with Gasteiger partial charge in [0, 0.05) is 13.8 Å². The summed E-state index contributed by atoms with van der Waals surface area (Å²) in [5.74, 6) is -1.18. The fourth-order valence-corrected chi connectivity index (χ4v) is 0.206. The van der Waals surface area contributed by atoms with Crippen LogP contribution in [0.3, 0.4) is 0 Å². The Labute approximate surface area is 113 Å². The molecular weight excluding hydrogens is 209 g/mol. The molecule has 0 rings (SSSR count). The SMILES string of the molecule is CC#N.CC#N.C[C@@H](O)[C@H](N)C(=O)O.[H-].[Na+]. The second kappa shape index (κ2) is 19.0. The Hall–Kier alpha value is -0.630. The Bertz CT molecular complexity index is 214. The molecule has 7 heteroatoms. The average molecular weight is 225 g/mol. The molecule has 15 heavy (non-hydrogen) atoms. The normalized spacial score (nSPS) is 10.3. The van der Waals surface area contributed by atoms with E-state index in [1.165, 1.54) is 20.8 Å². The van der Waals surface area contributed by atoms with Gasteiger partial charge in [0.05, 0.1) is 18.2 Å². The van der Waals surface area contributed by atoms with Crippen LogP contribution >= 0.6 is 0 Å². The van der Waals surface area contributed by atoms with Gasteiger partial charge in [-0.05, 0) is 6.92 Å². The van der Waals surface area contributed by atoms with Crippen LogP contribution in [-0.2, 0) is 4.79 Å². The molecular formula is C8H16N3NaO3. The first kappa shape index (κ1) is 23.9. The van der Waals surface area contributed by atoms with Crippen molar-refractivity contribution in [3.8, 4) is 12.1 Å². The number of nitrogens with two attached hydrogens (primary N) is 1. The third kappa shape index (κ3) is 31.8. The molecule has 0 bridgehead atoms. The zero-order valence-corrected chi connectivity index (χ0v) is 11.4. The van der Waals surface area contributed by atoms with E-state index >= 15 is 0 Å². The van der Waals surface area contributed by atoms with Crippen LogP contribution < -0.4 is 35.3 Å². The van der Waals surface area contributed by atoms with Gasteiger partial charge in [0.25, 0.3) is 0 Å². The van der Waals surface area contributed by atoms with E-state index in [4.69, 9.17) is 26.5 Å². The van der Waals surface area contributed by atoms with Gasteiger partial charge in [-0.2, -0.15) is 10.5 Å². The van der Waals surface area contributed by atoms with Crippen molar-refractivity contribution in [1.82, 2.24) is 0 Å². The number of hydrogen-bond acceptors (Lipinski definition) is 5. The molecule has 0 aromatic heterocycles. The summed E-state index contributed by atoms with van der Waals surface area (Å²) < 4.78 is 0. The Morgan fingerprint density at radius 1 is 1.40 bits per heavy atom. The van der Waals surface area contributed by atoms with E-state index in [0.29, 0.717) is 0 Å². The number of carboxylic acid groups (broad SMARTS) is 1. The van der Waals surface area contributed by atoms with Gasteiger partial charge in [-0.25, -0.2) is 0 Å². The van der Waals surface area contributed by atoms with E-state index in [-0.39, 0.29) is 31.0 Å². The van der Waals surface area contributed by atoms with Crippen LogP contribution in [0.4, 0.5) is 0 Å². The van der Waals surface area contributed by atoms with Crippen LogP contribution in [0.5, 0.6) is 0 Å². The van der Waals surface area contributed by atoms with E-state index in [2.05, 4.69) is 0 Å². The predicted molar refractivity (Wildman–Crippen MR) is 51.0 cm³/mol. The first-order valence-corrected chi connectivity index (χ1v) is 3.67. The summed E-state index contributed by atoms with van der Waals surface area (Å²) in [7, 11) is 0. The maximum atomic E-state index is 9.86. The van der Waals surface area contributed by atoms with Gasteiger partial charge in [-0.15, -0.1) is 0 Å². The third-order valence-electron chi connectivity index (χ3n) is 0.805. The van der Waals surface area contributed by atoms with Gasteiger partial charge in [0.2, 0.25) is 0 Å². The van der Waals surface area contributed by atoms with Crippen LogP contribution in [0.1, 0.15) is 22.2 Å². The van der Waals surface area contributed by atoms with E-state index in [1.54, 1.807) is 12.1 Å². The molecule has 82 valence electrons. The van der Waals surface area contributed by atoms with Gasteiger partial charge < -0.3 is 17.4 Å². The van der Waals surface area contributed by atoms with Crippen LogP contribution in [0.2, 0.25) is 0 Å². The Balaban J connectivity index is -0.0000000434. The fraction of sp³-hybridized carbons (Fsp3) is 0.625. The van der Waals surface area contributed by atoms with E-state index in [9.17, 15) is 4.79 Å². The van der Waals surface area contributed by atoms with Crippen molar-refractivity contribution in [2.75, 3.05) is 0 Å². The summed E-state index contributed by atoms with van der Waals surface area (Å²) in [6.07, 6.45) is -0.979. The maximum absolute atomic E-state index is 9.86. The van der Waals surface area contributed by atoms with Crippen LogP contribution in [0.25, 0.3) is 0 Å². The number of carboxylic acids is 1. The van der Waals surface area contributed by atoms with E-state index < -0.39 is 18.1 Å². The van der Waals surface area contributed by atoms with Gasteiger partial charge in [-0.3, -0.25) is 4.79 Å². The van der Waals surface area contributed by atoms with Crippen molar-refractivity contribution in [2.45, 2.75) is 32.9 Å². The molecule has 0 aromatic carbocycles. The van der Waals surface area contributed by atoms with Crippen LogP contribution in [0.15, 0.2) is 0 Å². The molecule has 0 amide bonds. The Kier molecular flexibility index (Phi) is 30.3. The second-order valence-corrected chi connectivity index (χ2v) is 2.05. The molecule has 2 atom stereocenters. The molecule has 6 nitrogen and oxygen atoms in total. The molecule has 0 saturated heterocycles. The Morgan fingerprint density at radius 2 is 1.60 bits per heavy atom. The molecule has 0 saturated carbocycles. The monoisotopic (exact) mass is 225 g/mol. The number of aliphatic hydroxyl groups is 1. The molecule has 0 aliphatic carbocycles. The molecule has 0 fully saturated rings. The van der Waals surface area contributed by atoms with E-state index in [1.807, 2.05) is 0 Å². The molecule has 0 unspecified atom stereocenters. The zero-order valence-electron chi connectivity index (χ0n) is 10.4. The fourth-order valence-electron chi connectivity index (χ4n) is 0.206. The van der Waals surface area contributed by atoms with Crippen molar-refractivity contribution >= 4 is 5.97 Å². The smallest absolute Gasteiger partial charge is 1.00 e. The minimum Gasteiger partial charge on any atom is -1.00 e. The van der Waals surface area contributed by atoms with Crippen molar-refractivity contribution < 1.29 is 46.0 Å². The number of nitriles is 2. The number of rotatable bonds is 2. The summed E-state index contributed by atoms with van der Waals surface area (Å²) in [6, 6.07) is 2.34. The average Bonchev–Trinajstić information content (AvgIpc) is 2.05. The first-order chi connectivity index (χ1) is 6.38. The number of carbonyl (C=O) groups is 1.